The molecule has 1 amide bonds. The molecular weight excluding hydrogens is 298 g/mol. The van der Waals surface area contributed by atoms with Crippen molar-refractivity contribution in [1.82, 2.24) is 5.32 Å². The number of hydrogen-bond acceptors (Lipinski definition) is 4. The first kappa shape index (κ1) is 13.2. The van der Waals surface area contributed by atoms with Gasteiger partial charge in [-0.15, -0.1) is 0 Å². The van der Waals surface area contributed by atoms with Crippen molar-refractivity contribution in [2.45, 2.75) is 6.42 Å². The first-order valence-electron chi connectivity index (χ1n) is 4.59. The van der Waals surface area contributed by atoms with E-state index in [2.05, 4.69) is 21.2 Å². The third kappa shape index (κ3) is 4.36. The zero-order chi connectivity index (χ0) is 12.2. The second-order valence-corrected chi connectivity index (χ2v) is 6.33. The van der Waals surface area contributed by atoms with E-state index in [-0.39, 0.29) is 11.7 Å². The summed E-state index contributed by atoms with van der Waals surface area (Å²) in [6.07, 6.45) is 2.97. The van der Waals surface area contributed by atoms with E-state index in [4.69, 9.17) is 4.42 Å². The molecule has 0 saturated heterocycles. The number of furan rings is 1. The van der Waals surface area contributed by atoms with E-state index in [9.17, 15) is 13.2 Å². The van der Waals surface area contributed by atoms with E-state index in [0.717, 1.165) is 0 Å². The van der Waals surface area contributed by atoms with Crippen LogP contribution >= 0.6 is 15.9 Å². The molecule has 0 atom stereocenters. The summed E-state index contributed by atoms with van der Waals surface area (Å²) in [5.74, 6) is -0.214. The van der Waals surface area contributed by atoms with Gasteiger partial charge < -0.3 is 9.73 Å². The van der Waals surface area contributed by atoms with Crippen LogP contribution in [0.4, 0.5) is 0 Å². The first-order valence-corrected chi connectivity index (χ1v) is 7.44. The Balaban J connectivity index is 2.35. The number of halogens is 1. The summed E-state index contributed by atoms with van der Waals surface area (Å²) in [5, 5.41) is 2.61. The summed E-state index contributed by atoms with van der Waals surface area (Å²) < 4.78 is 26.9. The lowest BCUT2D eigenvalue weighted by atomic mass is 10.3. The normalized spacial score (nSPS) is 11.4. The van der Waals surface area contributed by atoms with Gasteiger partial charge in [0.2, 0.25) is 0 Å². The molecule has 5 nitrogen and oxygen atoms in total. The fourth-order valence-electron chi connectivity index (χ4n) is 1.09. The molecule has 0 unspecified atom stereocenters. The third-order valence-electron chi connectivity index (χ3n) is 1.84. The zero-order valence-electron chi connectivity index (χ0n) is 8.70. The van der Waals surface area contributed by atoms with E-state index in [0.29, 0.717) is 23.2 Å². The minimum absolute atomic E-state index is 0.0693. The highest BCUT2D eigenvalue weighted by molar-refractivity contribution is 9.10. The molecule has 1 aromatic heterocycles. The monoisotopic (exact) mass is 309 g/mol. The highest BCUT2D eigenvalue weighted by Crippen LogP contribution is 2.16. The van der Waals surface area contributed by atoms with E-state index in [1.54, 1.807) is 0 Å². The number of carbonyl (C=O) groups is 1. The predicted molar refractivity (Wildman–Crippen MR) is 63.1 cm³/mol. The van der Waals surface area contributed by atoms with Gasteiger partial charge in [0.05, 0.1) is 17.6 Å². The molecule has 0 aliphatic heterocycles. The van der Waals surface area contributed by atoms with Gasteiger partial charge in [0.25, 0.3) is 5.91 Å². The molecular formula is C9H12BrNO4S. The Morgan fingerprint density at radius 2 is 2.25 bits per heavy atom. The van der Waals surface area contributed by atoms with Crippen LogP contribution in [0.1, 0.15) is 16.8 Å². The highest BCUT2D eigenvalue weighted by atomic mass is 79.9. The molecule has 16 heavy (non-hydrogen) atoms. The van der Waals surface area contributed by atoms with Crippen molar-refractivity contribution < 1.29 is 17.6 Å². The molecule has 0 aliphatic carbocycles. The second-order valence-electron chi connectivity index (χ2n) is 3.35. The molecule has 7 heteroatoms. The Bertz CT molecular complexity index is 466. The van der Waals surface area contributed by atoms with Crippen molar-refractivity contribution in [1.29, 1.82) is 0 Å². The van der Waals surface area contributed by atoms with Crippen molar-refractivity contribution in [2.75, 3.05) is 18.6 Å². The van der Waals surface area contributed by atoms with Crippen LogP contribution in [-0.2, 0) is 9.84 Å². The molecule has 90 valence electrons. The summed E-state index contributed by atoms with van der Waals surface area (Å²) in [6, 6.07) is 1.54. The minimum Gasteiger partial charge on any atom is -0.457 e. The van der Waals surface area contributed by atoms with Crippen LogP contribution in [0.3, 0.4) is 0 Å². The zero-order valence-corrected chi connectivity index (χ0v) is 11.1. The quantitative estimate of drug-likeness (QED) is 0.829. The van der Waals surface area contributed by atoms with Crippen LogP contribution < -0.4 is 5.32 Å². The van der Waals surface area contributed by atoms with Crippen LogP contribution in [0, 0.1) is 0 Å². The van der Waals surface area contributed by atoms with Gasteiger partial charge >= 0.3 is 0 Å². The van der Waals surface area contributed by atoms with E-state index < -0.39 is 9.84 Å². The maximum atomic E-state index is 11.5. The average molecular weight is 310 g/mol. The third-order valence-corrected chi connectivity index (χ3v) is 3.48. The second kappa shape index (κ2) is 5.49. The molecule has 0 aromatic carbocycles. The van der Waals surface area contributed by atoms with Crippen LogP contribution in [-0.4, -0.2) is 32.9 Å². The van der Waals surface area contributed by atoms with Crippen molar-refractivity contribution in [3.8, 4) is 0 Å². The maximum Gasteiger partial charge on any atom is 0.255 e. The Morgan fingerprint density at radius 1 is 1.56 bits per heavy atom. The Morgan fingerprint density at radius 3 is 2.75 bits per heavy atom. The molecule has 0 aliphatic rings. The van der Waals surface area contributed by atoms with Gasteiger partial charge in [0.1, 0.15) is 9.84 Å². The SMILES string of the molecule is CS(=O)(=O)CCCNC(=O)c1ccoc1Br. The number of hydrogen-bond donors (Lipinski definition) is 1. The summed E-state index contributed by atoms with van der Waals surface area (Å²) in [5.41, 5.74) is 0.402. The largest absolute Gasteiger partial charge is 0.457 e. The molecule has 0 saturated carbocycles. The fourth-order valence-corrected chi connectivity index (χ4v) is 2.18. The average Bonchev–Trinajstić information content (AvgIpc) is 2.57. The Labute approximate surface area is 102 Å². The lowest BCUT2D eigenvalue weighted by Gasteiger charge is -2.02. The summed E-state index contributed by atoms with van der Waals surface area (Å²) in [4.78, 5) is 11.5. The number of carbonyl (C=O) groups excluding carboxylic acids is 1. The Kier molecular flexibility index (Phi) is 4.55. The van der Waals surface area contributed by atoms with E-state index >= 15 is 0 Å². The smallest absolute Gasteiger partial charge is 0.255 e. The summed E-state index contributed by atoms with van der Waals surface area (Å²) in [6.45, 7) is 0.323. The first-order chi connectivity index (χ1) is 7.40. The molecule has 1 aromatic rings. The van der Waals surface area contributed by atoms with Gasteiger partial charge in [-0.2, -0.15) is 0 Å². The lowest BCUT2D eigenvalue weighted by molar-refractivity contribution is 0.0952. The summed E-state index contributed by atoms with van der Waals surface area (Å²) in [7, 11) is -2.96. The fraction of sp³-hybridized carbons (Fsp3) is 0.444. The number of rotatable bonds is 5. The number of sulfone groups is 1. The highest BCUT2D eigenvalue weighted by Gasteiger charge is 2.11. The van der Waals surface area contributed by atoms with Crippen molar-refractivity contribution >= 4 is 31.7 Å². The van der Waals surface area contributed by atoms with Crippen LogP contribution in [0.2, 0.25) is 0 Å². The molecule has 0 spiro atoms. The number of nitrogens with one attached hydrogen (secondary N) is 1. The van der Waals surface area contributed by atoms with Crippen LogP contribution in [0.25, 0.3) is 0 Å². The van der Waals surface area contributed by atoms with Crippen molar-refractivity contribution in [2.24, 2.45) is 0 Å². The van der Waals surface area contributed by atoms with E-state index in [1.165, 1.54) is 18.6 Å². The van der Waals surface area contributed by atoms with Gasteiger partial charge in [0.15, 0.2) is 4.67 Å². The van der Waals surface area contributed by atoms with Gasteiger partial charge in [-0.25, -0.2) is 8.42 Å². The minimum atomic E-state index is -2.96. The van der Waals surface area contributed by atoms with Crippen molar-refractivity contribution in [3.05, 3.63) is 22.6 Å². The Hall–Kier alpha value is -0.820. The lowest BCUT2D eigenvalue weighted by Crippen LogP contribution is -2.25. The van der Waals surface area contributed by atoms with Crippen LogP contribution in [0.5, 0.6) is 0 Å². The molecule has 0 radical (unpaired) electrons. The number of amides is 1. The maximum absolute atomic E-state index is 11.5. The van der Waals surface area contributed by atoms with Crippen LogP contribution in [0.15, 0.2) is 21.4 Å². The molecule has 1 rings (SSSR count). The van der Waals surface area contributed by atoms with Gasteiger partial charge in [-0.3, -0.25) is 4.79 Å². The predicted octanol–water partition coefficient (Wildman–Crippen LogP) is 1.21. The molecule has 0 fully saturated rings. The molecule has 0 bridgehead atoms. The standard InChI is InChI=1S/C9H12BrNO4S/c1-16(13,14)6-2-4-11-9(12)7-3-5-15-8(7)10/h3,5H,2,4,6H2,1H3,(H,11,12). The van der Waals surface area contributed by atoms with Crippen molar-refractivity contribution in [3.63, 3.8) is 0 Å². The molecule has 1 N–H and O–H groups in total. The summed E-state index contributed by atoms with van der Waals surface area (Å²) >= 11 is 3.08. The van der Waals surface area contributed by atoms with Gasteiger partial charge in [-0.05, 0) is 28.4 Å². The van der Waals surface area contributed by atoms with E-state index in [1.807, 2.05) is 0 Å². The van der Waals surface area contributed by atoms with Gasteiger partial charge in [-0.1, -0.05) is 0 Å². The molecule has 1 heterocycles. The topological polar surface area (TPSA) is 76.4 Å². The van der Waals surface area contributed by atoms with Gasteiger partial charge in [0, 0.05) is 12.8 Å².